The minimum Gasteiger partial charge on any atom is -0.481 e. The molecule has 2 aliphatic rings. The Bertz CT molecular complexity index is 613. The number of piperidine rings is 2. The molecule has 1 N–H and O–H groups in total. The Morgan fingerprint density at radius 3 is 2.44 bits per heavy atom. The highest BCUT2D eigenvalue weighted by Gasteiger charge is 2.32. The topological polar surface area (TPSA) is 60.9 Å². The number of rotatable bonds is 7. The summed E-state index contributed by atoms with van der Waals surface area (Å²) in [5, 5.41) is 9.28. The molecule has 0 aliphatic carbocycles. The van der Waals surface area contributed by atoms with Crippen molar-refractivity contribution in [2.45, 2.75) is 44.9 Å². The van der Waals surface area contributed by atoms with Crippen LogP contribution < -0.4 is 0 Å². The highest BCUT2D eigenvalue weighted by atomic mass is 16.4. The molecule has 2 unspecified atom stereocenters. The van der Waals surface area contributed by atoms with Crippen molar-refractivity contribution in [1.82, 2.24) is 9.80 Å². The first-order valence-corrected chi connectivity index (χ1v) is 10.4. The second kappa shape index (κ2) is 9.88. The van der Waals surface area contributed by atoms with Gasteiger partial charge in [0.05, 0.1) is 6.42 Å². The van der Waals surface area contributed by atoms with Crippen molar-refractivity contribution in [1.29, 1.82) is 0 Å². The monoisotopic (exact) mass is 372 g/mol. The van der Waals surface area contributed by atoms with Crippen molar-refractivity contribution in [2.24, 2.45) is 11.8 Å². The van der Waals surface area contributed by atoms with Crippen molar-refractivity contribution in [3.8, 4) is 0 Å². The standard InChI is InChI=1S/C22H32N2O3/c25-21(15-18-7-3-1-4-8-18)24-14-10-19(16-22(26)27)20(17-24)9-13-23-11-5-2-6-12-23/h1,3-4,7-8,19-20H,2,5-6,9-17H2,(H,26,27). The van der Waals surface area contributed by atoms with Crippen LogP contribution in [-0.2, 0) is 16.0 Å². The van der Waals surface area contributed by atoms with Crippen molar-refractivity contribution in [3.05, 3.63) is 35.9 Å². The molecule has 0 saturated carbocycles. The number of carboxylic acid groups (broad SMARTS) is 1. The largest absolute Gasteiger partial charge is 0.481 e. The zero-order valence-corrected chi connectivity index (χ0v) is 16.2. The van der Waals surface area contributed by atoms with E-state index in [1.165, 1.54) is 19.3 Å². The smallest absolute Gasteiger partial charge is 0.303 e. The molecule has 2 heterocycles. The van der Waals surface area contributed by atoms with Crippen LogP contribution in [0.1, 0.15) is 44.1 Å². The Hall–Kier alpha value is -1.88. The molecular formula is C22H32N2O3. The lowest BCUT2D eigenvalue weighted by Gasteiger charge is -2.39. The number of hydrogen-bond acceptors (Lipinski definition) is 3. The molecule has 148 valence electrons. The first-order chi connectivity index (χ1) is 13.1. The van der Waals surface area contributed by atoms with Gasteiger partial charge in [-0.25, -0.2) is 0 Å². The summed E-state index contributed by atoms with van der Waals surface area (Å²) >= 11 is 0. The number of nitrogens with zero attached hydrogens (tertiary/aromatic N) is 2. The van der Waals surface area contributed by atoms with E-state index in [-0.39, 0.29) is 24.2 Å². The maximum atomic E-state index is 12.7. The van der Waals surface area contributed by atoms with Gasteiger partial charge in [-0.1, -0.05) is 36.8 Å². The van der Waals surface area contributed by atoms with E-state index in [1.54, 1.807) is 0 Å². The number of likely N-dealkylation sites (tertiary alicyclic amines) is 2. The lowest BCUT2D eigenvalue weighted by atomic mass is 9.80. The SMILES string of the molecule is O=C(O)CC1CCN(C(=O)Cc2ccccc2)CC1CCN1CCCCC1. The molecule has 0 radical (unpaired) electrons. The minimum atomic E-state index is -0.716. The van der Waals surface area contributed by atoms with Gasteiger partial charge in [0.15, 0.2) is 0 Å². The second-order valence-electron chi connectivity index (χ2n) is 8.10. The summed E-state index contributed by atoms with van der Waals surface area (Å²) in [6, 6.07) is 9.86. The molecule has 5 heteroatoms. The molecule has 5 nitrogen and oxygen atoms in total. The van der Waals surface area contributed by atoms with Gasteiger partial charge in [-0.2, -0.15) is 0 Å². The van der Waals surface area contributed by atoms with E-state index in [9.17, 15) is 14.7 Å². The highest BCUT2D eigenvalue weighted by molar-refractivity contribution is 5.79. The number of carbonyl (C=O) groups is 2. The molecule has 0 bridgehead atoms. The normalized spacial score (nSPS) is 23.9. The van der Waals surface area contributed by atoms with Crippen LogP contribution in [0.15, 0.2) is 30.3 Å². The molecule has 2 fully saturated rings. The molecule has 27 heavy (non-hydrogen) atoms. The first-order valence-electron chi connectivity index (χ1n) is 10.4. The Balaban J connectivity index is 1.57. The maximum Gasteiger partial charge on any atom is 0.303 e. The average molecular weight is 373 g/mol. The summed E-state index contributed by atoms with van der Waals surface area (Å²) in [7, 11) is 0. The van der Waals surface area contributed by atoms with Gasteiger partial charge in [-0.3, -0.25) is 9.59 Å². The van der Waals surface area contributed by atoms with Gasteiger partial charge in [0, 0.05) is 19.5 Å². The van der Waals surface area contributed by atoms with E-state index in [1.807, 2.05) is 35.2 Å². The highest BCUT2D eigenvalue weighted by Crippen LogP contribution is 2.30. The van der Waals surface area contributed by atoms with Crippen LogP contribution in [0, 0.1) is 11.8 Å². The third-order valence-electron chi connectivity index (χ3n) is 6.14. The van der Waals surface area contributed by atoms with Gasteiger partial charge in [-0.05, 0) is 62.7 Å². The van der Waals surface area contributed by atoms with Crippen LogP contribution in [0.25, 0.3) is 0 Å². The van der Waals surface area contributed by atoms with Crippen molar-refractivity contribution < 1.29 is 14.7 Å². The summed E-state index contributed by atoms with van der Waals surface area (Å²) in [4.78, 5) is 28.5. The lowest BCUT2D eigenvalue weighted by molar-refractivity contribution is -0.139. The summed E-state index contributed by atoms with van der Waals surface area (Å²) in [5.41, 5.74) is 1.04. The maximum absolute atomic E-state index is 12.7. The molecule has 0 spiro atoms. The van der Waals surface area contributed by atoms with Crippen LogP contribution in [-0.4, -0.2) is 59.5 Å². The van der Waals surface area contributed by atoms with Gasteiger partial charge in [0.2, 0.25) is 5.91 Å². The lowest BCUT2D eigenvalue weighted by Crippen LogP contribution is -2.46. The molecule has 2 aliphatic heterocycles. The Morgan fingerprint density at radius 1 is 1.00 bits per heavy atom. The average Bonchev–Trinajstić information content (AvgIpc) is 2.68. The van der Waals surface area contributed by atoms with Crippen LogP contribution >= 0.6 is 0 Å². The van der Waals surface area contributed by atoms with Crippen molar-refractivity contribution >= 4 is 11.9 Å². The van der Waals surface area contributed by atoms with Gasteiger partial charge in [0.1, 0.15) is 0 Å². The third-order valence-corrected chi connectivity index (χ3v) is 6.14. The van der Waals surface area contributed by atoms with E-state index < -0.39 is 5.97 Å². The molecule has 3 rings (SSSR count). The second-order valence-corrected chi connectivity index (χ2v) is 8.10. The molecule has 1 amide bonds. The van der Waals surface area contributed by atoms with Crippen LogP contribution in [0.2, 0.25) is 0 Å². The van der Waals surface area contributed by atoms with E-state index in [0.717, 1.165) is 38.0 Å². The third kappa shape index (κ3) is 6.06. The number of hydrogen-bond donors (Lipinski definition) is 1. The predicted octanol–water partition coefficient (Wildman–Crippen LogP) is 3.04. The minimum absolute atomic E-state index is 0.165. The molecule has 2 atom stereocenters. The fourth-order valence-electron chi connectivity index (χ4n) is 4.54. The van der Waals surface area contributed by atoms with Gasteiger partial charge in [0.25, 0.3) is 0 Å². The van der Waals surface area contributed by atoms with Crippen molar-refractivity contribution in [2.75, 3.05) is 32.7 Å². The number of carbonyl (C=O) groups excluding carboxylic acids is 1. The zero-order chi connectivity index (χ0) is 19.1. The molecule has 1 aromatic carbocycles. The van der Waals surface area contributed by atoms with E-state index >= 15 is 0 Å². The van der Waals surface area contributed by atoms with Gasteiger partial charge >= 0.3 is 5.97 Å². The Morgan fingerprint density at radius 2 is 1.74 bits per heavy atom. The van der Waals surface area contributed by atoms with Crippen LogP contribution in [0.5, 0.6) is 0 Å². The summed E-state index contributed by atoms with van der Waals surface area (Å²) in [6.45, 7) is 4.74. The van der Waals surface area contributed by atoms with E-state index in [4.69, 9.17) is 0 Å². The quantitative estimate of drug-likeness (QED) is 0.799. The summed E-state index contributed by atoms with van der Waals surface area (Å²) in [5.74, 6) is -0.0745. The van der Waals surface area contributed by atoms with Crippen molar-refractivity contribution in [3.63, 3.8) is 0 Å². The number of aliphatic carboxylic acids is 1. The zero-order valence-electron chi connectivity index (χ0n) is 16.2. The number of carboxylic acids is 1. The van der Waals surface area contributed by atoms with Gasteiger partial charge < -0.3 is 14.9 Å². The van der Waals surface area contributed by atoms with Gasteiger partial charge in [-0.15, -0.1) is 0 Å². The molecule has 1 aromatic rings. The van der Waals surface area contributed by atoms with Crippen LogP contribution in [0.3, 0.4) is 0 Å². The number of benzene rings is 1. The fourth-order valence-corrected chi connectivity index (χ4v) is 4.54. The molecule has 2 saturated heterocycles. The fraction of sp³-hybridized carbons (Fsp3) is 0.636. The Labute approximate surface area is 162 Å². The summed E-state index contributed by atoms with van der Waals surface area (Å²) < 4.78 is 0. The molecule has 0 aromatic heterocycles. The number of amides is 1. The summed E-state index contributed by atoms with van der Waals surface area (Å²) in [6.07, 6.45) is 6.32. The van der Waals surface area contributed by atoms with Crippen LogP contribution in [0.4, 0.5) is 0 Å². The Kier molecular flexibility index (Phi) is 7.27. The molecular weight excluding hydrogens is 340 g/mol. The predicted molar refractivity (Wildman–Crippen MR) is 105 cm³/mol. The van der Waals surface area contributed by atoms with E-state index in [0.29, 0.717) is 19.5 Å². The first kappa shape index (κ1) is 19.9. The van der Waals surface area contributed by atoms with E-state index in [2.05, 4.69) is 4.90 Å².